The van der Waals surface area contributed by atoms with Crippen molar-refractivity contribution in [1.29, 1.82) is 0 Å². The SMILES string of the molecule is Bc1cc(C2=CCCC=C2)sc1C(=O)OC. The normalized spacial score (nSPS) is 14.7. The number of hydrogen-bond acceptors (Lipinski definition) is 3. The first-order valence-electron chi connectivity index (χ1n) is 5.28. The smallest absolute Gasteiger partial charge is 0.347 e. The third-order valence-corrected chi connectivity index (χ3v) is 3.83. The molecule has 4 heteroatoms. The maximum Gasteiger partial charge on any atom is 0.347 e. The van der Waals surface area contributed by atoms with Gasteiger partial charge in [0.25, 0.3) is 0 Å². The van der Waals surface area contributed by atoms with Gasteiger partial charge in [-0.2, -0.15) is 0 Å². The summed E-state index contributed by atoms with van der Waals surface area (Å²) in [7, 11) is 3.36. The molecule has 1 heterocycles. The van der Waals surface area contributed by atoms with Crippen LogP contribution in [0.2, 0.25) is 0 Å². The predicted molar refractivity (Wildman–Crippen MR) is 70.2 cm³/mol. The lowest BCUT2D eigenvalue weighted by atomic mass is 9.95. The highest BCUT2D eigenvalue weighted by atomic mass is 32.1. The Hall–Kier alpha value is -1.29. The molecule has 82 valence electrons. The molecular weight excluding hydrogens is 219 g/mol. The molecule has 2 nitrogen and oxygen atoms in total. The fraction of sp³-hybridized carbons (Fsp3) is 0.250. The maximum absolute atomic E-state index is 11.5. The lowest BCUT2D eigenvalue weighted by molar-refractivity contribution is 0.0607. The molecule has 0 saturated heterocycles. The summed E-state index contributed by atoms with van der Waals surface area (Å²) in [5, 5.41) is 0. The molecule has 2 rings (SSSR count). The first kappa shape index (κ1) is 11.2. The quantitative estimate of drug-likeness (QED) is 0.571. The summed E-state index contributed by atoms with van der Waals surface area (Å²) >= 11 is 1.50. The van der Waals surface area contributed by atoms with Gasteiger partial charge in [0.15, 0.2) is 0 Å². The van der Waals surface area contributed by atoms with Crippen molar-refractivity contribution >= 4 is 36.2 Å². The lowest BCUT2D eigenvalue weighted by Crippen LogP contribution is -2.11. The molecule has 0 spiro atoms. The second kappa shape index (κ2) is 4.70. The molecule has 1 aromatic rings. The Labute approximate surface area is 100 Å². The van der Waals surface area contributed by atoms with E-state index in [4.69, 9.17) is 4.74 Å². The first-order valence-corrected chi connectivity index (χ1v) is 6.10. The number of rotatable bonds is 2. The molecule has 0 atom stereocenters. The largest absolute Gasteiger partial charge is 0.465 e. The third kappa shape index (κ3) is 2.12. The highest BCUT2D eigenvalue weighted by molar-refractivity contribution is 7.16. The van der Waals surface area contributed by atoms with Gasteiger partial charge >= 0.3 is 5.97 Å². The molecule has 0 N–H and O–H groups in total. The third-order valence-electron chi connectivity index (χ3n) is 2.57. The average Bonchev–Trinajstić information content (AvgIpc) is 2.71. The van der Waals surface area contributed by atoms with Crippen LogP contribution in [0.1, 0.15) is 27.4 Å². The minimum Gasteiger partial charge on any atom is -0.465 e. The van der Waals surface area contributed by atoms with Crippen molar-refractivity contribution in [2.24, 2.45) is 0 Å². The van der Waals surface area contributed by atoms with Crippen LogP contribution in [0, 0.1) is 0 Å². The topological polar surface area (TPSA) is 26.3 Å². The Kier molecular flexibility index (Phi) is 3.29. The fourth-order valence-electron chi connectivity index (χ4n) is 1.72. The Balaban J connectivity index is 2.34. The zero-order chi connectivity index (χ0) is 11.5. The van der Waals surface area contributed by atoms with E-state index in [0.717, 1.165) is 23.2 Å². The molecule has 1 aliphatic rings. The number of carbonyl (C=O) groups excluding carboxylic acids is 1. The summed E-state index contributed by atoms with van der Waals surface area (Å²) in [4.78, 5) is 13.3. The van der Waals surface area contributed by atoms with Crippen LogP contribution in [0.25, 0.3) is 5.57 Å². The average molecular weight is 232 g/mol. The van der Waals surface area contributed by atoms with Crippen molar-refractivity contribution in [1.82, 2.24) is 0 Å². The van der Waals surface area contributed by atoms with Gasteiger partial charge in [0.05, 0.1) is 7.11 Å². The van der Waals surface area contributed by atoms with Crippen LogP contribution in [-0.2, 0) is 4.74 Å². The summed E-state index contributed by atoms with van der Waals surface area (Å²) in [6.45, 7) is 0. The molecular formula is C12H13BO2S. The van der Waals surface area contributed by atoms with Crippen LogP contribution in [0.5, 0.6) is 0 Å². The van der Waals surface area contributed by atoms with Crippen molar-refractivity contribution in [2.45, 2.75) is 12.8 Å². The van der Waals surface area contributed by atoms with E-state index in [9.17, 15) is 4.79 Å². The van der Waals surface area contributed by atoms with E-state index in [1.165, 1.54) is 24.0 Å². The molecule has 1 aromatic heterocycles. The van der Waals surface area contributed by atoms with Gasteiger partial charge in [-0.05, 0) is 24.5 Å². The van der Waals surface area contributed by atoms with Gasteiger partial charge in [-0.15, -0.1) is 11.3 Å². The van der Waals surface area contributed by atoms with Crippen LogP contribution in [0.4, 0.5) is 0 Å². The number of ether oxygens (including phenoxy) is 1. The van der Waals surface area contributed by atoms with Crippen LogP contribution in [0.3, 0.4) is 0 Å². The number of hydrogen-bond donors (Lipinski definition) is 0. The molecule has 0 unspecified atom stereocenters. The number of thiophene rings is 1. The van der Waals surface area contributed by atoms with Crippen molar-refractivity contribution in [2.75, 3.05) is 7.11 Å². The van der Waals surface area contributed by atoms with Gasteiger partial charge in [0.2, 0.25) is 0 Å². The summed E-state index contributed by atoms with van der Waals surface area (Å²) in [6.07, 6.45) is 8.69. The molecule has 0 fully saturated rings. The van der Waals surface area contributed by atoms with Crippen LogP contribution in [-0.4, -0.2) is 20.9 Å². The van der Waals surface area contributed by atoms with E-state index in [1.807, 2.05) is 7.85 Å². The van der Waals surface area contributed by atoms with E-state index < -0.39 is 0 Å². The zero-order valence-electron chi connectivity index (χ0n) is 9.45. The van der Waals surface area contributed by atoms with Gasteiger partial charge in [-0.3, -0.25) is 0 Å². The molecule has 0 aliphatic heterocycles. The Bertz CT molecular complexity index is 471. The van der Waals surface area contributed by atoms with Crippen LogP contribution >= 0.6 is 11.3 Å². The summed E-state index contributed by atoms with van der Waals surface area (Å²) in [5.74, 6) is -0.242. The Morgan fingerprint density at radius 3 is 2.94 bits per heavy atom. The summed E-state index contributed by atoms with van der Waals surface area (Å²) < 4.78 is 4.75. The van der Waals surface area contributed by atoms with Crippen molar-refractivity contribution in [3.63, 3.8) is 0 Å². The van der Waals surface area contributed by atoms with Crippen molar-refractivity contribution in [3.8, 4) is 0 Å². The Morgan fingerprint density at radius 1 is 1.50 bits per heavy atom. The monoisotopic (exact) mass is 232 g/mol. The second-order valence-electron chi connectivity index (χ2n) is 3.75. The molecule has 0 radical (unpaired) electrons. The summed E-state index contributed by atoms with van der Waals surface area (Å²) in [6, 6.07) is 2.05. The van der Waals surface area contributed by atoms with Crippen LogP contribution < -0.4 is 5.46 Å². The fourth-order valence-corrected chi connectivity index (χ4v) is 2.83. The van der Waals surface area contributed by atoms with E-state index >= 15 is 0 Å². The minimum absolute atomic E-state index is 0.242. The zero-order valence-corrected chi connectivity index (χ0v) is 10.3. The molecule has 16 heavy (non-hydrogen) atoms. The standard InChI is InChI=1S/C12H13BO2S/c1-15-12(14)11-9(13)7-10(16-11)8-5-3-2-4-6-8/h3,5-7H,2,4,13H2,1H3. The first-order chi connectivity index (χ1) is 7.72. The molecule has 0 amide bonds. The number of esters is 1. The lowest BCUT2D eigenvalue weighted by Gasteiger charge is -2.03. The highest BCUT2D eigenvalue weighted by Crippen LogP contribution is 2.26. The minimum atomic E-state index is -0.242. The highest BCUT2D eigenvalue weighted by Gasteiger charge is 2.15. The Morgan fingerprint density at radius 2 is 2.31 bits per heavy atom. The van der Waals surface area contributed by atoms with E-state index in [1.54, 1.807) is 0 Å². The molecule has 0 saturated carbocycles. The second-order valence-corrected chi connectivity index (χ2v) is 4.81. The van der Waals surface area contributed by atoms with Gasteiger partial charge in [-0.25, -0.2) is 4.79 Å². The van der Waals surface area contributed by atoms with Gasteiger partial charge in [0, 0.05) is 4.88 Å². The van der Waals surface area contributed by atoms with Crippen molar-refractivity contribution in [3.05, 3.63) is 34.0 Å². The molecule has 1 aliphatic carbocycles. The summed E-state index contributed by atoms with van der Waals surface area (Å²) in [5.41, 5.74) is 2.21. The van der Waals surface area contributed by atoms with E-state index in [2.05, 4.69) is 24.3 Å². The van der Waals surface area contributed by atoms with E-state index in [-0.39, 0.29) is 5.97 Å². The number of allylic oxidation sites excluding steroid dienone is 4. The van der Waals surface area contributed by atoms with E-state index in [0.29, 0.717) is 4.88 Å². The predicted octanol–water partition coefficient (Wildman–Crippen LogP) is 1.53. The van der Waals surface area contributed by atoms with Gasteiger partial charge < -0.3 is 4.74 Å². The van der Waals surface area contributed by atoms with Gasteiger partial charge in [0.1, 0.15) is 12.7 Å². The van der Waals surface area contributed by atoms with Crippen molar-refractivity contribution < 1.29 is 9.53 Å². The number of carbonyl (C=O) groups is 1. The van der Waals surface area contributed by atoms with Gasteiger partial charge in [-0.1, -0.05) is 23.7 Å². The molecule has 0 bridgehead atoms. The van der Waals surface area contributed by atoms with Crippen LogP contribution in [0.15, 0.2) is 24.3 Å². The number of methoxy groups -OCH3 is 1. The molecule has 0 aromatic carbocycles. The maximum atomic E-state index is 11.5.